The molecule has 0 aliphatic heterocycles. The number of aliphatic hydroxyl groups is 1. The molecule has 3 nitrogen and oxygen atoms in total. The molecule has 1 atom stereocenters. The number of hydrogen-bond donors (Lipinski definition) is 1. The molecule has 3 aromatic rings. The maximum Gasteiger partial charge on any atom is 0.203 e. The Morgan fingerprint density at radius 1 is 1.10 bits per heavy atom. The average Bonchev–Trinajstić information content (AvgIpc) is 2.51. The number of carbonyl (C=O) groups excluding carboxylic acids is 1. The van der Waals surface area contributed by atoms with Gasteiger partial charge in [-0.15, -0.1) is 0 Å². The van der Waals surface area contributed by atoms with Crippen molar-refractivity contribution in [3.8, 4) is 0 Å². The van der Waals surface area contributed by atoms with Gasteiger partial charge in [0.1, 0.15) is 0 Å². The molecular formula is C17H15O3S+. The Morgan fingerprint density at radius 2 is 1.81 bits per heavy atom. The number of Topliss-reactive ketones (excluding diaryl/α,β-unsaturated/α-hetero) is 1. The van der Waals surface area contributed by atoms with Gasteiger partial charge >= 0.3 is 0 Å². The molecule has 2 aromatic carbocycles. The smallest absolute Gasteiger partial charge is 0.203 e. The minimum Gasteiger partial charge on any atom is -0.391 e. The predicted molar refractivity (Wildman–Crippen MR) is 87.3 cm³/mol. The van der Waals surface area contributed by atoms with Crippen molar-refractivity contribution in [2.24, 2.45) is 0 Å². The standard InChI is InChI=1S/C17H15O3S/c1-11(19)12-6-7-16-14(10-12)17(20)13-4-2-3-5-15(13)21(16)9-8-18/h2-7,10,18H,8-9H2,1H3/q+1. The van der Waals surface area contributed by atoms with Crippen LogP contribution in [0.3, 0.4) is 0 Å². The maximum absolute atomic E-state index is 12.7. The van der Waals surface area contributed by atoms with Gasteiger partial charge < -0.3 is 5.11 Å². The van der Waals surface area contributed by atoms with E-state index in [4.69, 9.17) is 0 Å². The Balaban J connectivity index is 2.51. The van der Waals surface area contributed by atoms with Gasteiger partial charge in [-0.1, -0.05) is 12.1 Å². The number of aliphatic hydroxyl groups excluding tert-OH is 1. The van der Waals surface area contributed by atoms with Gasteiger partial charge in [0.05, 0.1) is 17.4 Å². The second-order valence-electron chi connectivity index (χ2n) is 4.91. The van der Waals surface area contributed by atoms with E-state index >= 15 is 0 Å². The van der Waals surface area contributed by atoms with Gasteiger partial charge in [-0.3, -0.25) is 9.59 Å². The minimum atomic E-state index is -0.319. The largest absolute Gasteiger partial charge is 0.391 e. The van der Waals surface area contributed by atoms with Crippen LogP contribution >= 0.6 is 10.5 Å². The van der Waals surface area contributed by atoms with Crippen molar-refractivity contribution in [3.63, 3.8) is 0 Å². The van der Waals surface area contributed by atoms with Crippen LogP contribution in [-0.4, -0.2) is 17.5 Å². The molecule has 1 N–H and O–H groups in total. The Labute approximate surface area is 124 Å². The fraction of sp³-hybridized carbons (Fsp3) is 0.176. The SMILES string of the molecule is CC(=O)c1ccc2c(c1)c(=O)c1ccccc1[s+]2CCO. The van der Waals surface area contributed by atoms with Crippen LogP contribution < -0.4 is 5.43 Å². The summed E-state index contributed by atoms with van der Waals surface area (Å²) in [6.45, 7) is 1.57. The van der Waals surface area contributed by atoms with Crippen LogP contribution in [0, 0.1) is 0 Å². The first-order valence-electron chi connectivity index (χ1n) is 6.74. The average molecular weight is 299 g/mol. The van der Waals surface area contributed by atoms with Crippen LogP contribution in [0.25, 0.3) is 20.2 Å². The van der Waals surface area contributed by atoms with Crippen LogP contribution in [0.4, 0.5) is 0 Å². The highest BCUT2D eigenvalue weighted by molar-refractivity contribution is 7.41. The van der Waals surface area contributed by atoms with E-state index in [0.29, 0.717) is 22.1 Å². The third-order valence-corrected chi connectivity index (χ3v) is 5.95. The summed E-state index contributed by atoms with van der Waals surface area (Å²) >= 11 is 0. The van der Waals surface area contributed by atoms with E-state index in [2.05, 4.69) is 0 Å². The maximum atomic E-state index is 12.7. The minimum absolute atomic E-state index is 0.0367. The zero-order chi connectivity index (χ0) is 15.0. The van der Waals surface area contributed by atoms with Gasteiger partial charge in [-0.2, -0.15) is 0 Å². The molecule has 0 spiro atoms. The molecule has 0 saturated heterocycles. The van der Waals surface area contributed by atoms with E-state index in [-0.39, 0.29) is 28.3 Å². The fourth-order valence-electron chi connectivity index (χ4n) is 2.59. The highest BCUT2D eigenvalue weighted by atomic mass is 32.2. The van der Waals surface area contributed by atoms with Gasteiger partial charge in [0.25, 0.3) is 0 Å². The zero-order valence-electron chi connectivity index (χ0n) is 11.6. The number of ketones is 1. The van der Waals surface area contributed by atoms with E-state index in [1.807, 2.05) is 30.3 Å². The van der Waals surface area contributed by atoms with Crippen LogP contribution in [-0.2, 0) is 5.75 Å². The number of benzene rings is 2. The van der Waals surface area contributed by atoms with E-state index in [1.54, 1.807) is 12.1 Å². The van der Waals surface area contributed by atoms with Crippen molar-refractivity contribution >= 4 is 36.4 Å². The van der Waals surface area contributed by atoms with Crippen molar-refractivity contribution in [1.29, 1.82) is 0 Å². The quantitative estimate of drug-likeness (QED) is 0.458. The van der Waals surface area contributed by atoms with Crippen molar-refractivity contribution in [3.05, 3.63) is 58.3 Å². The van der Waals surface area contributed by atoms with Gasteiger partial charge in [0, 0.05) is 5.56 Å². The summed E-state index contributed by atoms with van der Waals surface area (Å²) in [5.74, 6) is 0.544. The summed E-state index contributed by atoms with van der Waals surface area (Å²) in [5.41, 5.74) is 0.513. The van der Waals surface area contributed by atoms with Crippen LogP contribution in [0.1, 0.15) is 17.3 Å². The van der Waals surface area contributed by atoms with Crippen LogP contribution in [0.15, 0.2) is 47.3 Å². The molecule has 1 unspecified atom stereocenters. The number of hydrogen-bond acceptors (Lipinski definition) is 3. The van der Waals surface area contributed by atoms with E-state index in [0.717, 1.165) is 9.40 Å². The first-order valence-corrected chi connectivity index (χ1v) is 8.13. The predicted octanol–water partition coefficient (Wildman–Crippen LogP) is 3.30. The second kappa shape index (κ2) is 5.39. The molecule has 21 heavy (non-hydrogen) atoms. The molecule has 106 valence electrons. The van der Waals surface area contributed by atoms with Gasteiger partial charge in [-0.05, 0) is 47.7 Å². The molecule has 0 bridgehead atoms. The summed E-state index contributed by atoms with van der Waals surface area (Å²) in [6, 6.07) is 12.8. The number of rotatable bonds is 3. The van der Waals surface area contributed by atoms with Crippen molar-refractivity contribution in [1.82, 2.24) is 0 Å². The lowest BCUT2D eigenvalue weighted by molar-refractivity contribution is 0.101. The highest BCUT2D eigenvalue weighted by Gasteiger charge is 2.20. The van der Waals surface area contributed by atoms with Gasteiger partial charge in [0.15, 0.2) is 20.9 Å². The van der Waals surface area contributed by atoms with E-state index < -0.39 is 0 Å². The molecule has 3 rings (SSSR count). The van der Waals surface area contributed by atoms with Crippen LogP contribution in [0.2, 0.25) is 0 Å². The molecule has 0 aliphatic rings. The molecule has 0 saturated carbocycles. The summed E-state index contributed by atoms with van der Waals surface area (Å²) in [6.07, 6.45) is 0. The molecule has 0 radical (unpaired) electrons. The number of carbonyl (C=O) groups is 1. The van der Waals surface area contributed by atoms with Gasteiger partial charge in [0.2, 0.25) is 5.43 Å². The Hall–Kier alpha value is -2.04. The Kier molecular flexibility index (Phi) is 3.57. The Morgan fingerprint density at radius 3 is 2.52 bits per heavy atom. The first-order chi connectivity index (χ1) is 10.1. The zero-order valence-corrected chi connectivity index (χ0v) is 12.4. The third kappa shape index (κ3) is 2.26. The lowest BCUT2D eigenvalue weighted by Crippen LogP contribution is -2.04. The first kappa shape index (κ1) is 13.9. The fourth-order valence-corrected chi connectivity index (χ4v) is 4.76. The second-order valence-corrected chi connectivity index (χ2v) is 6.98. The molecule has 1 aromatic heterocycles. The lowest BCUT2D eigenvalue weighted by atomic mass is 10.1. The summed E-state index contributed by atoms with van der Waals surface area (Å²) in [7, 11) is -0.319. The third-order valence-electron chi connectivity index (χ3n) is 3.59. The monoisotopic (exact) mass is 299 g/mol. The van der Waals surface area contributed by atoms with E-state index in [9.17, 15) is 14.7 Å². The van der Waals surface area contributed by atoms with Crippen molar-refractivity contribution in [2.75, 3.05) is 6.61 Å². The molecular weight excluding hydrogens is 284 g/mol. The van der Waals surface area contributed by atoms with Gasteiger partial charge in [-0.25, -0.2) is 0 Å². The molecule has 0 aliphatic carbocycles. The normalized spacial score (nSPS) is 12.0. The molecule has 0 fully saturated rings. The van der Waals surface area contributed by atoms with Crippen molar-refractivity contribution < 1.29 is 9.90 Å². The molecule has 4 heteroatoms. The molecule has 0 amide bonds. The Bertz CT molecular complexity index is 909. The van der Waals surface area contributed by atoms with Crippen LogP contribution in [0.5, 0.6) is 0 Å². The summed E-state index contributed by atoms with van der Waals surface area (Å²) < 4.78 is 1.91. The highest BCUT2D eigenvalue weighted by Crippen LogP contribution is 2.36. The lowest BCUT2D eigenvalue weighted by Gasteiger charge is -2.03. The topological polar surface area (TPSA) is 54.4 Å². The summed E-state index contributed by atoms with van der Waals surface area (Å²) in [5, 5.41) is 10.6. The molecule has 1 heterocycles. The number of fused-ring (bicyclic) bond motifs is 2. The van der Waals surface area contributed by atoms with E-state index in [1.165, 1.54) is 6.92 Å². The summed E-state index contributed by atoms with van der Waals surface area (Å²) in [4.78, 5) is 24.2. The van der Waals surface area contributed by atoms with Crippen molar-refractivity contribution in [2.45, 2.75) is 12.7 Å².